The van der Waals surface area contributed by atoms with E-state index in [1.807, 2.05) is 12.1 Å². The van der Waals surface area contributed by atoms with Gasteiger partial charge in [0.15, 0.2) is 0 Å². The third-order valence-electron chi connectivity index (χ3n) is 2.93. The number of nitriles is 1. The first-order chi connectivity index (χ1) is 10.8. The lowest BCUT2D eigenvalue weighted by atomic mass is 10.0. The van der Waals surface area contributed by atoms with Crippen molar-refractivity contribution < 1.29 is 9.53 Å². The number of carbonyl (C=O) groups is 1. The Morgan fingerprint density at radius 1 is 1.14 bits per heavy atom. The molecule has 0 aliphatic heterocycles. The summed E-state index contributed by atoms with van der Waals surface area (Å²) in [6, 6.07) is 17.7. The molecule has 0 spiro atoms. The van der Waals surface area contributed by atoms with E-state index >= 15 is 0 Å². The Morgan fingerprint density at radius 2 is 1.82 bits per heavy atom. The Labute approximate surface area is 129 Å². The van der Waals surface area contributed by atoms with E-state index in [0.717, 1.165) is 0 Å². The van der Waals surface area contributed by atoms with E-state index in [1.54, 1.807) is 48.5 Å². The Morgan fingerprint density at radius 3 is 2.50 bits per heavy atom. The number of rotatable bonds is 5. The van der Waals surface area contributed by atoms with E-state index in [9.17, 15) is 10.1 Å². The van der Waals surface area contributed by atoms with Crippen molar-refractivity contribution in [1.29, 1.82) is 5.26 Å². The number of benzene rings is 2. The molecule has 0 atom stereocenters. The number of hydrogen-bond donors (Lipinski definition) is 0. The number of hydrogen-bond acceptors (Lipinski definition) is 3. The van der Waals surface area contributed by atoms with Crippen molar-refractivity contribution in [2.45, 2.75) is 0 Å². The van der Waals surface area contributed by atoms with Gasteiger partial charge < -0.3 is 4.74 Å². The van der Waals surface area contributed by atoms with Gasteiger partial charge in [0.1, 0.15) is 24.0 Å². The molecule has 2 rings (SSSR count). The van der Waals surface area contributed by atoms with E-state index in [4.69, 9.17) is 11.2 Å². The highest BCUT2D eigenvalue weighted by Crippen LogP contribution is 2.22. The molecule has 3 nitrogen and oxygen atoms in total. The average Bonchev–Trinajstić information content (AvgIpc) is 2.59. The minimum absolute atomic E-state index is 0.0444. The van der Waals surface area contributed by atoms with Crippen LogP contribution in [0, 0.1) is 23.7 Å². The first-order valence-electron chi connectivity index (χ1n) is 6.63. The molecular formula is C19H13NO2. The van der Waals surface area contributed by atoms with Crippen LogP contribution in [0.4, 0.5) is 0 Å². The van der Waals surface area contributed by atoms with Crippen LogP contribution in [0.25, 0.3) is 6.08 Å². The van der Waals surface area contributed by atoms with Crippen LogP contribution in [0.3, 0.4) is 0 Å². The number of para-hydroxylation sites is 1. The number of terminal acetylenes is 1. The van der Waals surface area contributed by atoms with Gasteiger partial charge in [0, 0.05) is 11.1 Å². The van der Waals surface area contributed by atoms with Crippen molar-refractivity contribution in [3.63, 3.8) is 0 Å². The zero-order valence-electron chi connectivity index (χ0n) is 11.8. The van der Waals surface area contributed by atoms with Crippen LogP contribution in [-0.4, -0.2) is 12.4 Å². The summed E-state index contributed by atoms with van der Waals surface area (Å²) in [5, 5.41) is 9.27. The number of carbonyl (C=O) groups excluding carboxylic acids is 1. The smallest absolute Gasteiger partial charge is 0.203 e. The second kappa shape index (κ2) is 7.47. The lowest BCUT2D eigenvalue weighted by molar-refractivity contribution is 0.104. The molecule has 2 aromatic rings. The highest BCUT2D eigenvalue weighted by Gasteiger charge is 2.12. The number of ether oxygens (including phenoxy) is 1. The number of nitrogens with zero attached hydrogens (tertiary/aromatic N) is 1. The summed E-state index contributed by atoms with van der Waals surface area (Å²) in [4.78, 5) is 12.3. The van der Waals surface area contributed by atoms with E-state index in [-0.39, 0.29) is 18.0 Å². The fourth-order valence-electron chi connectivity index (χ4n) is 1.90. The van der Waals surface area contributed by atoms with Crippen molar-refractivity contribution in [1.82, 2.24) is 0 Å². The van der Waals surface area contributed by atoms with Crippen molar-refractivity contribution in [3.8, 4) is 24.2 Å². The molecule has 0 saturated carbocycles. The average molecular weight is 287 g/mol. The number of allylic oxidation sites excluding steroid dienone is 1. The Bertz CT molecular complexity index is 777. The van der Waals surface area contributed by atoms with Gasteiger partial charge in [0.05, 0.1) is 0 Å². The Hall–Kier alpha value is -3.30. The lowest BCUT2D eigenvalue weighted by Crippen LogP contribution is -2.02. The number of ketones is 1. The molecule has 0 unspecified atom stereocenters. The van der Waals surface area contributed by atoms with Gasteiger partial charge in [-0.05, 0) is 12.1 Å². The van der Waals surface area contributed by atoms with Gasteiger partial charge in [0.2, 0.25) is 5.78 Å². The van der Waals surface area contributed by atoms with E-state index in [2.05, 4.69) is 5.92 Å². The Balaban J connectivity index is 2.36. The van der Waals surface area contributed by atoms with Gasteiger partial charge in [-0.3, -0.25) is 4.79 Å². The molecule has 3 heteroatoms. The van der Waals surface area contributed by atoms with Crippen molar-refractivity contribution in [2.75, 3.05) is 6.61 Å². The second-order valence-corrected chi connectivity index (χ2v) is 4.40. The van der Waals surface area contributed by atoms with Gasteiger partial charge in [-0.25, -0.2) is 0 Å². The normalized spacial score (nSPS) is 10.4. The SMILES string of the molecule is C#CCOc1ccccc1/C=C(\C#N)C(=O)c1ccccc1. The molecule has 0 bridgehead atoms. The molecule has 0 aromatic heterocycles. The summed E-state index contributed by atoms with van der Waals surface area (Å²) in [7, 11) is 0. The monoisotopic (exact) mass is 287 g/mol. The maximum atomic E-state index is 12.3. The van der Waals surface area contributed by atoms with Crippen LogP contribution >= 0.6 is 0 Å². The molecule has 0 aliphatic carbocycles. The summed E-state index contributed by atoms with van der Waals surface area (Å²) >= 11 is 0. The van der Waals surface area contributed by atoms with Crippen LogP contribution in [0.5, 0.6) is 5.75 Å². The van der Waals surface area contributed by atoms with E-state index in [1.165, 1.54) is 6.08 Å². The molecular weight excluding hydrogens is 274 g/mol. The van der Waals surface area contributed by atoms with E-state index in [0.29, 0.717) is 16.9 Å². The predicted octanol–water partition coefficient (Wildman–Crippen LogP) is 3.49. The third-order valence-corrected chi connectivity index (χ3v) is 2.93. The molecule has 0 N–H and O–H groups in total. The molecule has 0 radical (unpaired) electrons. The van der Waals surface area contributed by atoms with Crippen LogP contribution < -0.4 is 4.74 Å². The molecule has 0 heterocycles. The standard InChI is InChI=1S/C19H13NO2/c1-2-12-22-18-11-7-6-10-16(18)13-17(14-20)19(21)15-8-4-3-5-9-15/h1,3-11,13H,12H2/b17-13+. The molecule has 106 valence electrons. The quantitative estimate of drug-likeness (QED) is 0.366. The Kier molecular flexibility index (Phi) is 5.13. The molecule has 0 aliphatic rings. The summed E-state index contributed by atoms with van der Waals surface area (Å²) in [6.45, 7) is 0.124. The second-order valence-electron chi connectivity index (χ2n) is 4.40. The molecule has 0 amide bonds. The highest BCUT2D eigenvalue weighted by atomic mass is 16.5. The van der Waals surface area contributed by atoms with Crippen LogP contribution in [0.15, 0.2) is 60.2 Å². The zero-order chi connectivity index (χ0) is 15.8. The maximum absolute atomic E-state index is 12.3. The summed E-state index contributed by atoms with van der Waals surface area (Å²) in [5.74, 6) is 2.60. The van der Waals surface area contributed by atoms with Crippen molar-refractivity contribution in [3.05, 3.63) is 71.3 Å². The van der Waals surface area contributed by atoms with Gasteiger partial charge in [0.25, 0.3) is 0 Å². The summed E-state index contributed by atoms with van der Waals surface area (Å²) in [6.07, 6.45) is 6.70. The molecule has 2 aromatic carbocycles. The fourth-order valence-corrected chi connectivity index (χ4v) is 1.90. The highest BCUT2D eigenvalue weighted by molar-refractivity contribution is 6.14. The molecule has 22 heavy (non-hydrogen) atoms. The summed E-state index contributed by atoms with van der Waals surface area (Å²) in [5.41, 5.74) is 1.15. The first kappa shape index (κ1) is 15.1. The number of Topliss-reactive ketones (excluding diaryl/α,β-unsaturated/α-hetero) is 1. The predicted molar refractivity (Wildman–Crippen MR) is 85.1 cm³/mol. The van der Waals surface area contributed by atoms with Crippen molar-refractivity contribution >= 4 is 11.9 Å². The third kappa shape index (κ3) is 3.62. The maximum Gasteiger partial charge on any atom is 0.203 e. The van der Waals surface area contributed by atoms with Gasteiger partial charge >= 0.3 is 0 Å². The minimum Gasteiger partial charge on any atom is -0.480 e. The van der Waals surface area contributed by atoms with Crippen LogP contribution in [0.1, 0.15) is 15.9 Å². The summed E-state index contributed by atoms with van der Waals surface area (Å²) < 4.78 is 5.42. The fraction of sp³-hybridized carbons (Fsp3) is 0.0526. The lowest BCUT2D eigenvalue weighted by Gasteiger charge is -2.06. The molecule has 0 fully saturated rings. The first-order valence-corrected chi connectivity index (χ1v) is 6.63. The van der Waals surface area contributed by atoms with E-state index < -0.39 is 0 Å². The molecule has 0 saturated heterocycles. The topological polar surface area (TPSA) is 50.1 Å². The zero-order valence-corrected chi connectivity index (χ0v) is 11.8. The van der Waals surface area contributed by atoms with Crippen molar-refractivity contribution in [2.24, 2.45) is 0 Å². The van der Waals surface area contributed by atoms with Gasteiger partial charge in [-0.2, -0.15) is 5.26 Å². The van der Waals surface area contributed by atoms with Crippen LogP contribution in [-0.2, 0) is 0 Å². The van der Waals surface area contributed by atoms with Gasteiger partial charge in [-0.1, -0.05) is 54.5 Å². The minimum atomic E-state index is -0.324. The largest absolute Gasteiger partial charge is 0.480 e. The van der Waals surface area contributed by atoms with Crippen LogP contribution in [0.2, 0.25) is 0 Å². The van der Waals surface area contributed by atoms with Gasteiger partial charge in [-0.15, -0.1) is 6.42 Å².